The van der Waals surface area contributed by atoms with Crippen LogP contribution in [-0.2, 0) is 32.9 Å². The van der Waals surface area contributed by atoms with Gasteiger partial charge >= 0.3 is 11.9 Å². The topological polar surface area (TPSA) is 112 Å². The molecule has 0 atom stereocenters. The number of aryl methyl sites for hydroxylation is 2. The third-order valence-electron chi connectivity index (χ3n) is 4.88. The van der Waals surface area contributed by atoms with Crippen LogP contribution in [0.4, 0.5) is 0 Å². The van der Waals surface area contributed by atoms with Gasteiger partial charge in [0.1, 0.15) is 0 Å². The molecule has 2 heterocycles. The van der Waals surface area contributed by atoms with E-state index in [1.807, 2.05) is 6.92 Å². The lowest BCUT2D eigenvalue weighted by atomic mass is 10.2. The van der Waals surface area contributed by atoms with Crippen LogP contribution in [0.1, 0.15) is 54.5 Å². The molecule has 0 fully saturated rings. The number of nitrogens with zero attached hydrogens (tertiary/aromatic N) is 3. The Bertz CT molecular complexity index is 937. The molecule has 10 heteroatoms. The average Bonchev–Trinajstić information content (AvgIpc) is 3.19. The summed E-state index contributed by atoms with van der Waals surface area (Å²) in [5.74, 6) is -0.240. The van der Waals surface area contributed by atoms with Crippen LogP contribution in [-0.4, -0.2) is 38.8 Å². The van der Waals surface area contributed by atoms with Crippen LogP contribution < -0.4 is 4.74 Å². The Morgan fingerprint density at radius 1 is 1.19 bits per heavy atom. The predicted molar refractivity (Wildman–Crippen MR) is 115 cm³/mol. The molecule has 0 radical (unpaired) electrons. The monoisotopic (exact) mass is 465 g/mol. The van der Waals surface area contributed by atoms with Gasteiger partial charge in [-0.2, -0.15) is 4.98 Å². The maximum atomic E-state index is 11.8. The van der Waals surface area contributed by atoms with E-state index in [9.17, 15) is 9.59 Å². The van der Waals surface area contributed by atoms with Crippen LogP contribution in [0.25, 0.3) is 0 Å². The standard InChI is InChI=1S/C21H24ClN3O5S/c1-13-9-23-10-16(22)15(13)11-31-21-24-17-6-4-5-14(17)20(25-21)30-12-29-19(28)8-3-2-7-18(26)27/h9-10H,2-8,11-12H2,1H3,(H,26,27). The maximum Gasteiger partial charge on any atom is 0.308 e. The Balaban J connectivity index is 1.56. The number of hydrogen-bond acceptors (Lipinski definition) is 8. The summed E-state index contributed by atoms with van der Waals surface area (Å²) < 4.78 is 10.8. The first-order chi connectivity index (χ1) is 14.9. The first-order valence-corrected chi connectivity index (χ1v) is 11.4. The van der Waals surface area contributed by atoms with Crippen molar-refractivity contribution < 1.29 is 24.2 Å². The third kappa shape index (κ3) is 6.80. The molecule has 8 nitrogen and oxygen atoms in total. The number of carbonyl (C=O) groups is 2. The van der Waals surface area contributed by atoms with Crippen molar-refractivity contribution in [3.05, 3.63) is 39.8 Å². The van der Waals surface area contributed by atoms with E-state index in [0.29, 0.717) is 34.7 Å². The summed E-state index contributed by atoms with van der Waals surface area (Å²) in [6.07, 6.45) is 7.17. The summed E-state index contributed by atoms with van der Waals surface area (Å²) >= 11 is 7.73. The summed E-state index contributed by atoms with van der Waals surface area (Å²) in [5, 5.41) is 9.81. The van der Waals surface area contributed by atoms with Gasteiger partial charge in [-0.05, 0) is 50.2 Å². The Morgan fingerprint density at radius 2 is 2.00 bits per heavy atom. The highest BCUT2D eigenvalue weighted by Crippen LogP contribution is 2.32. The number of aliphatic carboxylic acids is 1. The zero-order chi connectivity index (χ0) is 22.2. The van der Waals surface area contributed by atoms with Crippen molar-refractivity contribution in [3.8, 4) is 5.88 Å². The van der Waals surface area contributed by atoms with Crippen molar-refractivity contribution in [2.24, 2.45) is 0 Å². The maximum absolute atomic E-state index is 11.8. The fourth-order valence-corrected chi connectivity index (χ4v) is 4.54. The van der Waals surface area contributed by atoms with Crippen LogP contribution in [0.5, 0.6) is 5.88 Å². The van der Waals surface area contributed by atoms with Crippen molar-refractivity contribution in [2.45, 2.75) is 62.8 Å². The normalized spacial score (nSPS) is 12.5. The molecular formula is C21H24ClN3O5S. The minimum Gasteiger partial charge on any atom is -0.481 e. The SMILES string of the molecule is Cc1cncc(Cl)c1CSc1nc2c(c(OCOC(=O)CCCCC(=O)O)n1)CCC2. The molecule has 0 spiro atoms. The second-order valence-corrected chi connectivity index (χ2v) is 8.52. The highest BCUT2D eigenvalue weighted by atomic mass is 35.5. The molecule has 166 valence electrons. The van der Waals surface area contributed by atoms with Crippen molar-refractivity contribution in [1.29, 1.82) is 0 Å². The smallest absolute Gasteiger partial charge is 0.308 e. The number of carbonyl (C=O) groups excluding carboxylic acids is 1. The van der Waals surface area contributed by atoms with Gasteiger partial charge in [0.25, 0.3) is 0 Å². The molecule has 1 N–H and O–H groups in total. The van der Waals surface area contributed by atoms with Gasteiger partial charge in [-0.3, -0.25) is 14.6 Å². The number of ether oxygens (including phenoxy) is 2. The fraction of sp³-hybridized carbons (Fsp3) is 0.476. The largest absolute Gasteiger partial charge is 0.481 e. The number of esters is 1. The molecule has 0 bridgehead atoms. The highest BCUT2D eigenvalue weighted by molar-refractivity contribution is 7.98. The lowest BCUT2D eigenvalue weighted by Gasteiger charge is -2.12. The van der Waals surface area contributed by atoms with Gasteiger partial charge in [-0.25, -0.2) is 4.98 Å². The molecule has 0 amide bonds. The summed E-state index contributed by atoms with van der Waals surface area (Å²) in [6, 6.07) is 0. The van der Waals surface area contributed by atoms with Crippen molar-refractivity contribution in [1.82, 2.24) is 15.0 Å². The van der Waals surface area contributed by atoms with E-state index < -0.39 is 11.9 Å². The second-order valence-electron chi connectivity index (χ2n) is 7.17. The number of hydrogen-bond donors (Lipinski definition) is 1. The fourth-order valence-electron chi connectivity index (χ4n) is 3.21. The van der Waals surface area contributed by atoms with E-state index in [-0.39, 0.29) is 19.6 Å². The lowest BCUT2D eigenvalue weighted by Crippen LogP contribution is -2.12. The quantitative estimate of drug-likeness (QED) is 0.172. The molecule has 0 aromatic carbocycles. The van der Waals surface area contributed by atoms with Gasteiger partial charge in [0.2, 0.25) is 12.7 Å². The molecular weight excluding hydrogens is 442 g/mol. The van der Waals surface area contributed by atoms with Gasteiger partial charge in [-0.15, -0.1) is 0 Å². The van der Waals surface area contributed by atoms with E-state index >= 15 is 0 Å². The summed E-state index contributed by atoms with van der Waals surface area (Å²) in [5.41, 5.74) is 3.92. The van der Waals surface area contributed by atoms with Gasteiger partial charge in [0, 0.05) is 36.6 Å². The lowest BCUT2D eigenvalue weighted by molar-refractivity contribution is -0.150. The predicted octanol–water partition coefficient (Wildman–Crippen LogP) is 4.14. The molecule has 0 unspecified atom stereocenters. The number of thioether (sulfide) groups is 1. The van der Waals surface area contributed by atoms with Crippen LogP contribution in [0.2, 0.25) is 5.02 Å². The molecule has 0 saturated heterocycles. The highest BCUT2D eigenvalue weighted by Gasteiger charge is 2.21. The van der Waals surface area contributed by atoms with Crippen molar-refractivity contribution in [3.63, 3.8) is 0 Å². The van der Waals surface area contributed by atoms with Gasteiger partial charge in [0.05, 0.1) is 10.7 Å². The first-order valence-electron chi connectivity index (χ1n) is 10.1. The number of rotatable bonds is 11. The van der Waals surface area contributed by atoms with Crippen LogP contribution in [0.3, 0.4) is 0 Å². The van der Waals surface area contributed by atoms with E-state index in [2.05, 4.69) is 15.0 Å². The minimum atomic E-state index is -0.871. The number of pyridine rings is 1. The summed E-state index contributed by atoms with van der Waals surface area (Å²) in [7, 11) is 0. The zero-order valence-corrected chi connectivity index (χ0v) is 18.8. The Labute approximate surface area is 189 Å². The molecule has 0 aliphatic heterocycles. The molecule has 1 aliphatic carbocycles. The van der Waals surface area contributed by atoms with E-state index in [1.54, 1.807) is 12.4 Å². The number of unbranched alkanes of at least 4 members (excludes halogenated alkanes) is 1. The molecule has 3 rings (SSSR count). The number of halogens is 1. The Kier molecular flexibility index (Phi) is 8.48. The summed E-state index contributed by atoms with van der Waals surface area (Å²) in [4.78, 5) is 35.5. The zero-order valence-electron chi connectivity index (χ0n) is 17.2. The van der Waals surface area contributed by atoms with Crippen LogP contribution >= 0.6 is 23.4 Å². The molecule has 31 heavy (non-hydrogen) atoms. The van der Waals surface area contributed by atoms with Crippen LogP contribution in [0, 0.1) is 6.92 Å². The van der Waals surface area contributed by atoms with Gasteiger partial charge < -0.3 is 14.6 Å². The molecule has 2 aromatic heterocycles. The van der Waals surface area contributed by atoms with E-state index in [4.69, 9.17) is 26.2 Å². The summed E-state index contributed by atoms with van der Waals surface area (Å²) in [6.45, 7) is 1.73. The number of carboxylic acid groups (broad SMARTS) is 1. The number of carboxylic acids is 1. The van der Waals surface area contributed by atoms with Gasteiger partial charge in [0.15, 0.2) is 5.16 Å². The Hall–Kier alpha value is -2.39. The number of aromatic nitrogens is 3. The second kappa shape index (κ2) is 11.3. The van der Waals surface area contributed by atoms with Gasteiger partial charge in [-0.1, -0.05) is 23.4 Å². The average molecular weight is 466 g/mol. The van der Waals surface area contributed by atoms with E-state index in [0.717, 1.165) is 41.6 Å². The minimum absolute atomic E-state index is 0.0432. The molecule has 0 saturated carbocycles. The molecule has 1 aliphatic rings. The van der Waals surface area contributed by atoms with Crippen molar-refractivity contribution >= 4 is 35.3 Å². The number of fused-ring (bicyclic) bond motifs is 1. The Morgan fingerprint density at radius 3 is 2.77 bits per heavy atom. The first kappa shape index (κ1) is 23.3. The molecule has 2 aromatic rings. The third-order valence-corrected chi connectivity index (χ3v) is 6.08. The van der Waals surface area contributed by atoms with Crippen molar-refractivity contribution in [2.75, 3.05) is 6.79 Å². The van der Waals surface area contributed by atoms with Crippen LogP contribution in [0.15, 0.2) is 17.6 Å². The van der Waals surface area contributed by atoms with E-state index in [1.165, 1.54) is 11.8 Å².